The first-order valence-electron chi connectivity index (χ1n) is 10.9. The van der Waals surface area contributed by atoms with Gasteiger partial charge in [-0.2, -0.15) is 10.4 Å². The van der Waals surface area contributed by atoms with Crippen molar-refractivity contribution in [1.29, 1.82) is 5.26 Å². The van der Waals surface area contributed by atoms with Crippen molar-refractivity contribution in [2.24, 2.45) is 11.8 Å². The number of H-pyrrole nitrogens is 1. The smallest absolute Gasteiger partial charge is 0.342 e. The lowest BCUT2D eigenvalue weighted by Crippen LogP contribution is -2.31. The van der Waals surface area contributed by atoms with Gasteiger partial charge >= 0.3 is 5.69 Å². The third-order valence-corrected chi connectivity index (χ3v) is 6.36. The fourth-order valence-corrected chi connectivity index (χ4v) is 4.38. The van der Waals surface area contributed by atoms with Gasteiger partial charge in [0.1, 0.15) is 17.7 Å². The highest BCUT2D eigenvalue weighted by Crippen LogP contribution is 2.33. The van der Waals surface area contributed by atoms with Gasteiger partial charge in [0, 0.05) is 25.6 Å². The zero-order valence-corrected chi connectivity index (χ0v) is 17.7. The van der Waals surface area contributed by atoms with Crippen LogP contribution in [0.1, 0.15) is 24.8 Å². The average molecular weight is 449 g/mol. The molecular weight excluding hydrogens is 428 g/mol. The maximum atomic E-state index is 15.1. The Balaban J connectivity index is 1.38. The minimum absolute atomic E-state index is 0.0827. The first-order valence-corrected chi connectivity index (χ1v) is 10.9. The van der Waals surface area contributed by atoms with Crippen LogP contribution in [0.15, 0.2) is 41.2 Å². The third-order valence-electron chi connectivity index (χ3n) is 6.36. The third kappa shape index (κ3) is 4.04. The van der Waals surface area contributed by atoms with Crippen molar-refractivity contribution < 1.29 is 13.6 Å². The number of benzene rings is 2. The second kappa shape index (κ2) is 8.28. The normalized spacial score (nSPS) is 17.8. The highest BCUT2D eigenvalue weighted by atomic mass is 19.1. The van der Waals surface area contributed by atoms with Crippen LogP contribution in [0.3, 0.4) is 0 Å². The maximum Gasteiger partial charge on any atom is 0.343 e. The summed E-state index contributed by atoms with van der Waals surface area (Å²) in [5.41, 5.74) is 0.502. The van der Waals surface area contributed by atoms with E-state index in [2.05, 4.69) is 10.2 Å². The molecule has 1 saturated heterocycles. The van der Waals surface area contributed by atoms with Crippen molar-refractivity contribution in [3.8, 4) is 28.6 Å². The molecule has 2 aliphatic rings. The lowest BCUT2D eigenvalue weighted by molar-refractivity contribution is -0.131. The van der Waals surface area contributed by atoms with Gasteiger partial charge in [0.25, 0.3) is 0 Å². The van der Waals surface area contributed by atoms with Gasteiger partial charge in [-0.05, 0) is 60.6 Å². The number of nitrogens with one attached hydrogen (secondary N) is 1. The molecule has 3 aromatic rings. The van der Waals surface area contributed by atoms with Crippen molar-refractivity contribution >= 4 is 5.91 Å². The van der Waals surface area contributed by atoms with Gasteiger partial charge in [-0.15, -0.1) is 0 Å². The molecule has 0 unspecified atom stereocenters. The number of halogens is 2. The molecule has 1 atom stereocenters. The molecule has 1 amide bonds. The van der Waals surface area contributed by atoms with Crippen molar-refractivity contribution in [1.82, 2.24) is 19.7 Å². The Morgan fingerprint density at radius 1 is 1.12 bits per heavy atom. The van der Waals surface area contributed by atoms with Crippen LogP contribution in [0.2, 0.25) is 0 Å². The van der Waals surface area contributed by atoms with E-state index in [-0.39, 0.29) is 34.7 Å². The van der Waals surface area contributed by atoms with Crippen LogP contribution < -0.4 is 5.69 Å². The lowest BCUT2D eigenvalue weighted by Gasteiger charge is -2.16. The van der Waals surface area contributed by atoms with E-state index in [1.807, 2.05) is 4.90 Å². The fraction of sp³-hybridized carbons (Fsp3) is 0.333. The van der Waals surface area contributed by atoms with Gasteiger partial charge in [-0.1, -0.05) is 12.1 Å². The van der Waals surface area contributed by atoms with E-state index in [4.69, 9.17) is 5.26 Å². The van der Waals surface area contributed by atoms with Gasteiger partial charge < -0.3 is 4.90 Å². The molecular formula is C24H21F2N5O2. The minimum atomic E-state index is -0.675. The van der Waals surface area contributed by atoms with E-state index in [1.54, 1.807) is 18.2 Å². The monoisotopic (exact) mass is 449 g/mol. The molecule has 0 bridgehead atoms. The van der Waals surface area contributed by atoms with Crippen LogP contribution in [-0.2, 0) is 11.3 Å². The Hall–Kier alpha value is -3.80. The summed E-state index contributed by atoms with van der Waals surface area (Å²) in [7, 11) is 0. The molecule has 33 heavy (non-hydrogen) atoms. The molecule has 0 spiro atoms. The average Bonchev–Trinajstić information content (AvgIpc) is 3.46. The first kappa shape index (κ1) is 21.1. The minimum Gasteiger partial charge on any atom is -0.342 e. The predicted octanol–water partition coefficient (Wildman–Crippen LogP) is 3.31. The summed E-state index contributed by atoms with van der Waals surface area (Å²) in [5.74, 6) is -0.653. The van der Waals surface area contributed by atoms with Crippen molar-refractivity contribution in [3.05, 3.63) is 64.1 Å². The van der Waals surface area contributed by atoms with Gasteiger partial charge in [-0.25, -0.2) is 18.7 Å². The number of hydrogen-bond acceptors (Lipinski definition) is 4. The highest BCUT2D eigenvalue weighted by Gasteiger charge is 2.37. The molecule has 1 saturated carbocycles. The van der Waals surface area contributed by atoms with Crippen LogP contribution in [0.25, 0.3) is 22.5 Å². The number of aromatic nitrogens is 3. The summed E-state index contributed by atoms with van der Waals surface area (Å²) in [6.07, 6.45) is 2.69. The van der Waals surface area contributed by atoms with E-state index in [0.29, 0.717) is 30.8 Å². The summed E-state index contributed by atoms with van der Waals surface area (Å²) in [6.45, 7) is 1.59. The zero-order valence-electron chi connectivity index (χ0n) is 17.7. The predicted molar refractivity (Wildman–Crippen MR) is 116 cm³/mol. The molecule has 1 aliphatic heterocycles. The Kier molecular flexibility index (Phi) is 5.29. The second-order valence-electron chi connectivity index (χ2n) is 8.68. The number of hydrogen-bond donors (Lipinski definition) is 1. The van der Waals surface area contributed by atoms with Crippen LogP contribution in [0.4, 0.5) is 8.78 Å². The maximum absolute atomic E-state index is 15.1. The van der Waals surface area contributed by atoms with E-state index in [1.165, 1.54) is 28.8 Å². The molecule has 9 heteroatoms. The molecule has 1 aliphatic carbocycles. The molecule has 1 N–H and O–H groups in total. The van der Waals surface area contributed by atoms with Crippen LogP contribution >= 0.6 is 0 Å². The number of amides is 1. The Morgan fingerprint density at radius 2 is 1.85 bits per heavy atom. The molecule has 2 aromatic carbocycles. The fourth-order valence-electron chi connectivity index (χ4n) is 4.38. The number of rotatable bonds is 5. The van der Waals surface area contributed by atoms with Crippen molar-refractivity contribution in [2.45, 2.75) is 25.8 Å². The van der Waals surface area contributed by atoms with E-state index in [0.717, 1.165) is 19.3 Å². The summed E-state index contributed by atoms with van der Waals surface area (Å²) in [6, 6.07) is 10.2. The molecule has 168 valence electrons. The number of likely N-dealkylation sites (tertiary alicyclic amines) is 1. The highest BCUT2D eigenvalue weighted by molar-refractivity contribution is 5.81. The number of nitrogens with zero attached hydrogens (tertiary/aromatic N) is 4. The summed E-state index contributed by atoms with van der Waals surface area (Å²) in [5, 5.41) is 15.3. The largest absolute Gasteiger partial charge is 0.343 e. The Bertz CT molecular complexity index is 1340. The number of carbonyl (C=O) groups excluding carboxylic acids is 1. The molecule has 5 rings (SSSR count). The van der Waals surface area contributed by atoms with E-state index >= 15 is 4.39 Å². The van der Waals surface area contributed by atoms with Crippen LogP contribution in [0, 0.1) is 34.8 Å². The SMILES string of the molecule is N#Cc1ccc(-c2ccc(-c3n[nH]c(=O)n3C[C@@H]3CCN(C(=O)C4CC4)C3)c(F)c2)cc1F. The first-order chi connectivity index (χ1) is 15.9. The molecule has 0 radical (unpaired) electrons. The van der Waals surface area contributed by atoms with Gasteiger partial charge in [0.05, 0.1) is 11.1 Å². The van der Waals surface area contributed by atoms with E-state index < -0.39 is 17.3 Å². The van der Waals surface area contributed by atoms with E-state index in [9.17, 15) is 14.0 Å². The molecule has 2 heterocycles. The molecule has 1 aromatic heterocycles. The molecule has 2 fully saturated rings. The van der Waals surface area contributed by atoms with Gasteiger partial charge in [0.15, 0.2) is 5.82 Å². The standard InChI is InChI=1S/C24H21F2N5O2/c25-20-9-16(3-4-18(20)11-27)17-5-6-19(21(26)10-17)22-28-29-24(33)31(22)13-14-7-8-30(12-14)23(32)15-1-2-15/h3-6,9-10,14-15H,1-2,7-8,12-13H2,(H,29,33)/t14-/m1/s1. The quantitative estimate of drug-likeness (QED) is 0.647. The van der Waals surface area contributed by atoms with Crippen molar-refractivity contribution in [3.63, 3.8) is 0 Å². The molecule has 7 nitrogen and oxygen atoms in total. The van der Waals surface area contributed by atoms with Crippen LogP contribution in [0.5, 0.6) is 0 Å². The second-order valence-corrected chi connectivity index (χ2v) is 8.68. The Labute approximate surface area is 188 Å². The van der Waals surface area contributed by atoms with Gasteiger partial charge in [0.2, 0.25) is 5.91 Å². The summed E-state index contributed by atoms with van der Waals surface area (Å²) < 4.78 is 30.4. The topological polar surface area (TPSA) is 94.8 Å². The zero-order chi connectivity index (χ0) is 23.1. The summed E-state index contributed by atoms with van der Waals surface area (Å²) in [4.78, 5) is 26.6. The number of nitriles is 1. The number of carbonyl (C=O) groups is 1. The van der Waals surface area contributed by atoms with Gasteiger partial charge in [-0.3, -0.25) is 9.36 Å². The van der Waals surface area contributed by atoms with Crippen LogP contribution in [-0.4, -0.2) is 38.7 Å². The van der Waals surface area contributed by atoms with Crippen molar-refractivity contribution in [2.75, 3.05) is 13.1 Å². The summed E-state index contributed by atoms with van der Waals surface area (Å²) >= 11 is 0. The number of aromatic amines is 1. The lowest BCUT2D eigenvalue weighted by atomic mass is 10.0. The Morgan fingerprint density at radius 3 is 2.52 bits per heavy atom.